The van der Waals surface area contributed by atoms with Crippen LogP contribution in [0, 0.1) is 0 Å². The first-order valence-electron chi connectivity index (χ1n) is 5.16. The van der Waals surface area contributed by atoms with E-state index in [1.807, 2.05) is 0 Å². The van der Waals surface area contributed by atoms with Gasteiger partial charge in [0.15, 0.2) is 5.69 Å². The maximum absolute atomic E-state index is 11.7. The standard InChI is InChI=1S/C10H13N3O3/c1-13-8(5-7(12-13)10(15)16)9(14)11-6-3-2-4-6/h5-6H,2-4H2,1H3,(H,11,14)(H,15,16). The molecule has 1 heterocycles. The van der Waals surface area contributed by atoms with Crippen LogP contribution in [0.3, 0.4) is 0 Å². The molecule has 0 spiro atoms. The van der Waals surface area contributed by atoms with E-state index in [-0.39, 0.29) is 23.3 Å². The lowest BCUT2D eigenvalue weighted by Gasteiger charge is -2.26. The van der Waals surface area contributed by atoms with Crippen molar-refractivity contribution < 1.29 is 14.7 Å². The summed E-state index contributed by atoms with van der Waals surface area (Å²) in [4.78, 5) is 22.4. The Morgan fingerprint density at radius 1 is 1.56 bits per heavy atom. The Labute approximate surface area is 92.3 Å². The topological polar surface area (TPSA) is 84.2 Å². The van der Waals surface area contributed by atoms with Crippen molar-refractivity contribution in [2.24, 2.45) is 7.05 Å². The maximum Gasteiger partial charge on any atom is 0.356 e. The molecular weight excluding hydrogens is 210 g/mol. The van der Waals surface area contributed by atoms with Crippen molar-refractivity contribution in [2.75, 3.05) is 0 Å². The van der Waals surface area contributed by atoms with Crippen LogP contribution in [-0.2, 0) is 7.05 Å². The molecule has 1 saturated carbocycles. The fourth-order valence-corrected chi connectivity index (χ4v) is 1.60. The summed E-state index contributed by atoms with van der Waals surface area (Å²) in [6.07, 6.45) is 3.13. The van der Waals surface area contributed by atoms with Gasteiger partial charge in [0.1, 0.15) is 5.69 Å². The van der Waals surface area contributed by atoms with Crippen LogP contribution in [0.4, 0.5) is 0 Å². The Balaban J connectivity index is 2.12. The minimum atomic E-state index is -1.13. The van der Waals surface area contributed by atoms with Gasteiger partial charge >= 0.3 is 5.97 Å². The second kappa shape index (κ2) is 3.96. The number of carbonyl (C=O) groups excluding carboxylic acids is 1. The van der Waals surface area contributed by atoms with Gasteiger partial charge in [0, 0.05) is 19.2 Å². The number of carbonyl (C=O) groups is 2. The summed E-state index contributed by atoms with van der Waals surface area (Å²) in [6, 6.07) is 1.52. The van der Waals surface area contributed by atoms with Crippen molar-refractivity contribution in [3.8, 4) is 0 Å². The van der Waals surface area contributed by atoms with E-state index in [4.69, 9.17) is 5.11 Å². The first kappa shape index (κ1) is 10.7. The molecule has 6 heteroatoms. The van der Waals surface area contributed by atoms with Crippen LogP contribution < -0.4 is 5.32 Å². The van der Waals surface area contributed by atoms with Gasteiger partial charge in [-0.1, -0.05) is 0 Å². The summed E-state index contributed by atoms with van der Waals surface area (Å²) >= 11 is 0. The molecule has 0 bridgehead atoms. The summed E-state index contributed by atoms with van der Waals surface area (Å²) < 4.78 is 1.29. The summed E-state index contributed by atoms with van der Waals surface area (Å²) in [5.74, 6) is -1.38. The Morgan fingerprint density at radius 2 is 2.25 bits per heavy atom. The third-order valence-electron chi connectivity index (χ3n) is 2.77. The molecule has 0 aromatic carbocycles. The van der Waals surface area contributed by atoms with E-state index in [0.717, 1.165) is 19.3 Å². The average Bonchev–Trinajstić information content (AvgIpc) is 2.54. The van der Waals surface area contributed by atoms with Crippen LogP contribution in [0.15, 0.2) is 6.07 Å². The average molecular weight is 223 g/mol. The van der Waals surface area contributed by atoms with E-state index in [0.29, 0.717) is 0 Å². The summed E-state index contributed by atoms with van der Waals surface area (Å²) in [5, 5.41) is 15.3. The van der Waals surface area contributed by atoms with E-state index >= 15 is 0 Å². The van der Waals surface area contributed by atoms with Crippen molar-refractivity contribution >= 4 is 11.9 Å². The van der Waals surface area contributed by atoms with Crippen LogP contribution >= 0.6 is 0 Å². The number of carboxylic acid groups (broad SMARTS) is 1. The molecule has 0 atom stereocenters. The van der Waals surface area contributed by atoms with Crippen molar-refractivity contribution in [1.82, 2.24) is 15.1 Å². The smallest absolute Gasteiger partial charge is 0.356 e. The molecule has 1 aromatic heterocycles. The molecule has 2 N–H and O–H groups in total. The van der Waals surface area contributed by atoms with E-state index in [1.165, 1.54) is 10.7 Å². The molecule has 0 unspecified atom stereocenters. The zero-order valence-corrected chi connectivity index (χ0v) is 8.93. The monoisotopic (exact) mass is 223 g/mol. The van der Waals surface area contributed by atoms with Crippen molar-refractivity contribution in [1.29, 1.82) is 0 Å². The highest BCUT2D eigenvalue weighted by molar-refractivity contribution is 5.95. The summed E-state index contributed by atoms with van der Waals surface area (Å²) in [5.41, 5.74) is 0.172. The van der Waals surface area contributed by atoms with Crippen molar-refractivity contribution in [3.63, 3.8) is 0 Å². The van der Waals surface area contributed by atoms with Gasteiger partial charge in [-0.15, -0.1) is 0 Å². The molecule has 1 fully saturated rings. The minimum absolute atomic E-state index is 0.110. The van der Waals surface area contributed by atoms with Gasteiger partial charge in [0.05, 0.1) is 0 Å². The number of nitrogens with zero attached hydrogens (tertiary/aromatic N) is 2. The first-order valence-corrected chi connectivity index (χ1v) is 5.16. The quantitative estimate of drug-likeness (QED) is 0.776. The number of hydrogen-bond donors (Lipinski definition) is 2. The lowest BCUT2D eigenvalue weighted by molar-refractivity contribution is 0.0689. The number of nitrogens with one attached hydrogen (secondary N) is 1. The van der Waals surface area contributed by atoms with E-state index < -0.39 is 5.97 Å². The fraction of sp³-hybridized carbons (Fsp3) is 0.500. The Kier molecular flexibility index (Phi) is 2.64. The third-order valence-corrected chi connectivity index (χ3v) is 2.77. The van der Waals surface area contributed by atoms with Gasteiger partial charge in [0.2, 0.25) is 0 Å². The minimum Gasteiger partial charge on any atom is -0.476 e. The molecular formula is C10H13N3O3. The van der Waals surface area contributed by atoms with Crippen LogP contribution in [0.25, 0.3) is 0 Å². The van der Waals surface area contributed by atoms with Crippen LogP contribution in [0.1, 0.15) is 40.2 Å². The second-order valence-corrected chi connectivity index (χ2v) is 3.94. The highest BCUT2D eigenvalue weighted by Crippen LogP contribution is 2.18. The number of aryl methyl sites for hydroxylation is 1. The number of carboxylic acids is 1. The largest absolute Gasteiger partial charge is 0.476 e. The van der Waals surface area contributed by atoms with Crippen molar-refractivity contribution in [3.05, 3.63) is 17.5 Å². The molecule has 1 aliphatic carbocycles. The highest BCUT2D eigenvalue weighted by atomic mass is 16.4. The SMILES string of the molecule is Cn1nc(C(=O)O)cc1C(=O)NC1CCC1. The molecule has 16 heavy (non-hydrogen) atoms. The molecule has 0 radical (unpaired) electrons. The van der Waals surface area contributed by atoms with Gasteiger partial charge < -0.3 is 10.4 Å². The molecule has 0 saturated heterocycles. The molecule has 0 aliphatic heterocycles. The summed E-state index contributed by atoms with van der Waals surface area (Å²) in [6.45, 7) is 0. The zero-order valence-electron chi connectivity index (χ0n) is 8.93. The molecule has 1 amide bonds. The highest BCUT2D eigenvalue weighted by Gasteiger charge is 2.23. The Morgan fingerprint density at radius 3 is 2.69 bits per heavy atom. The van der Waals surface area contributed by atoms with Crippen LogP contribution in [-0.4, -0.2) is 32.8 Å². The predicted octanol–water partition coefficient (Wildman–Crippen LogP) is 0.401. The fourth-order valence-electron chi connectivity index (χ4n) is 1.60. The normalized spacial score (nSPS) is 15.6. The molecule has 6 nitrogen and oxygen atoms in total. The van der Waals surface area contributed by atoms with Crippen LogP contribution in [0.2, 0.25) is 0 Å². The summed E-state index contributed by atoms with van der Waals surface area (Å²) in [7, 11) is 1.56. The van der Waals surface area contributed by atoms with E-state index in [9.17, 15) is 9.59 Å². The first-order chi connectivity index (χ1) is 7.58. The van der Waals surface area contributed by atoms with Crippen molar-refractivity contribution in [2.45, 2.75) is 25.3 Å². The molecule has 1 aromatic rings. The Bertz CT molecular complexity index is 435. The molecule has 1 aliphatic rings. The van der Waals surface area contributed by atoms with Gasteiger partial charge in [0.25, 0.3) is 5.91 Å². The number of aromatic nitrogens is 2. The van der Waals surface area contributed by atoms with Gasteiger partial charge in [-0.3, -0.25) is 9.48 Å². The Hall–Kier alpha value is -1.85. The second-order valence-electron chi connectivity index (χ2n) is 3.94. The lowest BCUT2D eigenvalue weighted by Crippen LogP contribution is -2.40. The van der Waals surface area contributed by atoms with E-state index in [2.05, 4.69) is 10.4 Å². The maximum atomic E-state index is 11.7. The predicted molar refractivity (Wildman–Crippen MR) is 55.3 cm³/mol. The van der Waals surface area contributed by atoms with Gasteiger partial charge in [-0.05, 0) is 19.3 Å². The van der Waals surface area contributed by atoms with Gasteiger partial charge in [-0.2, -0.15) is 5.10 Å². The number of aromatic carboxylic acids is 1. The van der Waals surface area contributed by atoms with Crippen LogP contribution in [0.5, 0.6) is 0 Å². The van der Waals surface area contributed by atoms with E-state index in [1.54, 1.807) is 7.05 Å². The number of rotatable bonds is 3. The van der Waals surface area contributed by atoms with Gasteiger partial charge in [-0.25, -0.2) is 4.79 Å². The zero-order chi connectivity index (χ0) is 11.7. The molecule has 2 rings (SSSR count). The number of amides is 1. The molecule has 86 valence electrons. The lowest BCUT2D eigenvalue weighted by atomic mass is 9.93. The number of hydrogen-bond acceptors (Lipinski definition) is 3. The third kappa shape index (κ3) is 1.91.